The summed E-state index contributed by atoms with van der Waals surface area (Å²) in [6.45, 7) is 2.35. The molecule has 0 saturated heterocycles. The molecule has 0 bridgehead atoms. The summed E-state index contributed by atoms with van der Waals surface area (Å²) in [4.78, 5) is 0. The second-order valence-corrected chi connectivity index (χ2v) is 4.53. The molecule has 0 fully saturated rings. The minimum Gasteiger partial charge on any atom is -0.430 e. The number of halogens is 1. The van der Waals surface area contributed by atoms with Gasteiger partial charge in [0.2, 0.25) is 0 Å². The van der Waals surface area contributed by atoms with Crippen molar-refractivity contribution in [3.05, 3.63) is 34.6 Å². The Morgan fingerprint density at radius 3 is 2.94 bits per heavy atom. The fourth-order valence-electron chi connectivity index (χ4n) is 1.28. The summed E-state index contributed by atoms with van der Waals surface area (Å²) < 4.78 is 18.5. The van der Waals surface area contributed by atoms with E-state index in [1.165, 1.54) is 17.4 Å². The molecule has 0 amide bonds. The van der Waals surface area contributed by atoms with Gasteiger partial charge in [-0.3, -0.25) is 0 Å². The molecule has 1 aromatic heterocycles. The largest absolute Gasteiger partial charge is 0.430 e. The normalized spacial score (nSPS) is 10.5. The van der Waals surface area contributed by atoms with Crippen LogP contribution in [0.1, 0.15) is 10.6 Å². The van der Waals surface area contributed by atoms with Crippen LogP contribution in [0.4, 0.5) is 4.39 Å². The lowest BCUT2D eigenvalue weighted by molar-refractivity contribution is 0.470. The fraction of sp³-hybridized carbons (Fsp3) is 0.273. The number of aromatic nitrogens is 2. The molecule has 6 heteroatoms. The van der Waals surface area contributed by atoms with E-state index in [4.69, 9.17) is 4.74 Å². The first-order valence-electron chi connectivity index (χ1n) is 5.10. The minimum atomic E-state index is -0.245. The first-order valence-corrected chi connectivity index (χ1v) is 5.91. The first kappa shape index (κ1) is 11.9. The number of benzene rings is 1. The van der Waals surface area contributed by atoms with Crippen LogP contribution in [-0.4, -0.2) is 17.2 Å². The molecule has 0 radical (unpaired) electrons. The van der Waals surface area contributed by atoms with Gasteiger partial charge in [-0.15, -0.1) is 5.10 Å². The zero-order valence-corrected chi connectivity index (χ0v) is 10.3. The maximum absolute atomic E-state index is 13.1. The van der Waals surface area contributed by atoms with Crippen molar-refractivity contribution in [2.75, 3.05) is 7.05 Å². The van der Waals surface area contributed by atoms with E-state index in [0.717, 1.165) is 5.01 Å². The number of nitrogens with one attached hydrogen (secondary N) is 1. The third-order valence-corrected chi connectivity index (χ3v) is 2.91. The lowest BCUT2D eigenvalue weighted by Crippen LogP contribution is -2.04. The van der Waals surface area contributed by atoms with E-state index < -0.39 is 0 Å². The van der Waals surface area contributed by atoms with Crippen LogP contribution in [0.3, 0.4) is 0 Å². The van der Waals surface area contributed by atoms with Crippen LogP contribution in [0.25, 0.3) is 0 Å². The molecule has 2 rings (SSSR count). The Balaban J connectivity index is 2.11. The van der Waals surface area contributed by atoms with Crippen molar-refractivity contribution in [2.45, 2.75) is 13.5 Å². The molecule has 17 heavy (non-hydrogen) atoms. The highest BCUT2D eigenvalue weighted by atomic mass is 32.1. The van der Waals surface area contributed by atoms with E-state index in [-0.39, 0.29) is 5.82 Å². The van der Waals surface area contributed by atoms with Crippen LogP contribution in [0.5, 0.6) is 10.9 Å². The number of aryl methyl sites for hydroxylation is 1. The Morgan fingerprint density at radius 1 is 1.41 bits per heavy atom. The minimum absolute atomic E-state index is 0.245. The third-order valence-electron chi connectivity index (χ3n) is 2.11. The molecular formula is C11H12FN3OS. The topological polar surface area (TPSA) is 47.0 Å². The summed E-state index contributed by atoms with van der Waals surface area (Å²) >= 11 is 1.36. The van der Waals surface area contributed by atoms with Crippen LogP contribution in [0, 0.1) is 12.7 Å². The van der Waals surface area contributed by atoms with Crippen molar-refractivity contribution in [3.8, 4) is 10.9 Å². The number of ether oxygens (including phenoxy) is 1. The van der Waals surface area contributed by atoms with Gasteiger partial charge in [-0.25, -0.2) is 4.39 Å². The zero-order valence-electron chi connectivity index (χ0n) is 9.53. The Bertz CT molecular complexity index is 515. The van der Waals surface area contributed by atoms with Crippen molar-refractivity contribution < 1.29 is 9.13 Å². The summed E-state index contributed by atoms with van der Waals surface area (Å²) in [7, 11) is 1.84. The first-order chi connectivity index (χ1) is 8.19. The molecule has 4 nitrogen and oxygen atoms in total. The lowest BCUT2D eigenvalue weighted by atomic mass is 10.2. The molecule has 0 aliphatic carbocycles. The maximum atomic E-state index is 13.1. The molecule has 0 spiro atoms. The fourth-order valence-corrected chi connectivity index (χ4v) is 2.00. The van der Waals surface area contributed by atoms with Crippen molar-refractivity contribution in [1.29, 1.82) is 0 Å². The van der Waals surface area contributed by atoms with Crippen molar-refractivity contribution in [2.24, 2.45) is 0 Å². The average Bonchev–Trinajstić information content (AvgIpc) is 2.72. The number of hydrogen-bond acceptors (Lipinski definition) is 5. The quantitative estimate of drug-likeness (QED) is 0.909. The maximum Gasteiger partial charge on any atom is 0.299 e. The molecule has 0 unspecified atom stereocenters. The molecular weight excluding hydrogens is 241 g/mol. The van der Waals surface area contributed by atoms with Gasteiger partial charge in [0.15, 0.2) is 0 Å². The smallest absolute Gasteiger partial charge is 0.299 e. The second-order valence-electron chi connectivity index (χ2n) is 3.51. The highest BCUT2D eigenvalue weighted by molar-refractivity contribution is 7.13. The molecule has 0 saturated carbocycles. The van der Waals surface area contributed by atoms with E-state index in [2.05, 4.69) is 15.5 Å². The van der Waals surface area contributed by atoms with Gasteiger partial charge in [-0.05, 0) is 37.7 Å². The van der Waals surface area contributed by atoms with E-state index in [0.29, 0.717) is 23.1 Å². The SMILES string of the molecule is CNCc1nnc(Oc2ccc(F)c(C)c2)s1. The van der Waals surface area contributed by atoms with Crippen LogP contribution < -0.4 is 10.1 Å². The highest BCUT2D eigenvalue weighted by Gasteiger charge is 2.06. The van der Waals surface area contributed by atoms with Crippen LogP contribution in [0.2, 0.25) is 0 Å². The second kappa shape index (κ2) is 5.20. The van der Waals surface area contributed by atoms with Gasteiger partial charge < -0.3 is 10.1 Å². The lowest BCUT2D eigenvalue weighted by Gasteiger charge is -2.02. The van der Waals surface area contributed by atoms with Crippen molar-refractivity contribution >= 4 is 11.3 Å². The van der Waals surface area contributed by atoms with E-state index in [1.54, 1.807) is 19.1 Å². The molecule has 1 aromatic carbocycles. The zero-order chi connectivity index (χ0) is 12.3. The monoisotopic (exact) mass is 253 g/mol. The summed E-state index contributed by atoms with van der Waals surface area (Å²) in [5.41, 5.74) is 0.544. The highest BCUT2D eigenvalue weighted by Crippen LogP contribution is 2.26. The summed E-state index contributed by atoms with van der Waals surface area (Å²) in [6, 6.07) is 4.58. The molecule has 0 aliphatic heterocycles. The Morgan fingerprint density at radius 2 is 2.24 bits per heavy atom. The Labute approximate surface area is 102 Å². The van der Waals surface area contributed by atoms with Gasteiger partial charge >= 0.3 is 0 Å². The van der Waals surface area contributed by atoms with Crippen molar-refractivity contribution in [3.63, 3.8) is 0 Å². The predicted octanol–water partition coefficient (Wildman–Crippen LogP) is 2.50. The summed E-state index contributed by atoms with van der Waals surface area (Å²) in [6.07, 6.45) is 0. The average molecular weight is 253 g/mol. The standard InChI is InChI=1S/C11H12FN3OS/c1-7-5-8(3-4-9(7)12)16-11-15-14-10(17-11)6-13-2/h3-5,13H,6H2,1-2H3. The van der Waals surface area contributed by atoms with E-state index in [9.17, 15) is 4.39 Å². The van der Waals surface area contributed by atoms with Gasteiger partial charge in [0.05, 0.1) is 0 Å². The summed E-state index contributed by atoms with van der Waals surface area (Å²) in [5.74, 6) is 0.321. The number of rotatable bonds is 4. The third kappa shape index (κ3) is 2.98. The molecule has 1 heterocycles. The predicted molar refractivity (Wildman–Crippen MR) is 63.9 cm³/mol. The van der Waals surface area contributed by atoms with Gasteiger partial charge in [-0.2, -0.15) is 0 Å². The summed E-state index contributed by atoms with van der Waals surface area (Å²) in [5, 5.41) is 12.1. The Kier molecular flexibility index (Phi) is 3.65. The van der Waals surface area contributed by atoms with Crippen LogP contribution in [0.15, 0.2) is 18.2 Å². The van der Waals surface area contributed by atoms with Crippen LogP contribution >= 0.6 is 11.3 Å². The van der Waals surface area contributed by atoms with Crippen molar-refractivity contribution in [1.82, 2.24) is 15.5 Å². The molecule has 1 N–H and O–H groups in total. The number of nitrogens with zero attached hydrogens (tertiary/aromatic N) is 2. The van der Waals surface area contributed by atoms with Gasteiger partial charge in [0.25, 0.3) is 5.19 Å². The van der Waals surface area contributed by atoms with Gasteiger partial charge in [-0.1, -0.05) is 16.4 Å². The molecule has 0 atom stereocenters. The molecule has 2 aromatic rings. The van der Waals surface area contributed by atoms with Crippen LogP contribution in [-0.2, 0) is 6.54 Å². The van der Waals surface area contributed by atoms with E-state index >= 15 is 0 Å². The number of hydrogen-bond donors (Lipinski definition) is 1. The van der Waals surface area contributed by atoms with Gasteiger partial charge in [0.1, 0.15) is 16.6 Å². The molecule has 0 aliphatic rings. The Hall–Kier alpha value is -1.53. The molecule has 90 valence electrons. The van der Waals surface area contributed by atoms with E-state index in [1.807, 2.05) is 7.05 Å². The van der Waals surface area contributed by atoms with Gasteiger partial charge in [0, 0.05) is 6.54 Å².